The van der Waals surface area contributed by atoms with E-state index in [1.807, 2.05) is 36.4 Å². The Morgan fingerprint density at radius 1 is 1.03 bits per heavy atom. The molecule has 0 aliphatic heterocycles. The van der Waals surface area contributed by atoms with Gasteiger partial charge in [0.1, 0.15) is 5.82 Å². The molecule has 1 amide bonds. The number of benzene rings is 2. The summed E-state index contributed by atoms with van der Waals surface area (Å²) in [5.41, 5.74) is 3.45. The number of hydrogen-bond donors (Lipinski definition) is 1. The Labute approximate surface area is 193 Å². The predicted molar refractivity (Wildman–Crippen MR) is 128 cm³/mol. The highest BCUT2D eigenvalue weighted by Crippen LogP contribution is 2.23. The number of aromatic nitrogens is 4. The monoisotopic (exact) mass is 443 g/mol. The van der Waals surface area contributed by atoms with Gasteiger partial charge in [0, 0.05) is 24.5 Å². The molecule has 4 rings (SSSR count). The van der Waals surface area contributed by atoms with E-state index in [-0.39, 0.29) is 11.3 Å². The number of aryl methyl sites for hydroxylation is 1. The van der Waals surface area contributed by atoms with E-state index < -0.39 is 0 Å². The topological polar surface area (TPSA) is 85.8 Å². The first kappa shape index (κ1) is 22.5. The summed E-state index contributed by atoms with van der Waals surface area (Å²) in [5, 5.41) is 11.3. The molecule has 7 nitrogen and oxygen atoms in total. The van der Waals surface area contributed by atoms with Crippen LogP contribution in [0, 0.1) is 0 Å². The van der Waals surface area contributed by atoms with Crippen molar-refractivity contribution in [2.24, 2.45) is 0 Å². The summed E-state index contributed by atoms with van der Waals surface area (Å²) >= 11 is 0. The van der Waals surface area contributed by atoms with Gasteiger partial charge in [-0.25, -0.2) is 4.68 Å². The van der Waals surface area contributed by atoms with Crippen molar-refractivity contribution in [3.05, 3.63) is 83.9 Å². The molecule has 0 aliphatic carbocycles. The Balaban J connectivity index is 1.28. The Morgan fingerprint density at radius 2 is 1.79 bits per heavy atom. The summed E-state index contributed by atoms with van der Waals surface area (Å²) in [7, 11) is 0. The molecule has 2 aromatic carbocycles. The smallest absolute Gasteiger partial charge is 0.226 e. The third-order valence-corrected chi connectivity index (χ3v) is 5.43. The second-order valence-electron chi connectivity index (χ2n) is 9.10. The van der Waals surface area contributed by atoms with E-state index in [9.17, 15) is 4.79 Å². The fourth-order valence-electron chi connectivity index (χ4n) is 3.51. The molecule has 170 valence electrons. The maximum atomic E-state index is 12.5. The van der Waals surface area contributed by atoms with Crippen molar-refractivity contribution in [3.63, 3.8) is 0 Å². The summed E-state index contributed by atoms with van der Waals surface area (Å²) in [5.74, 6) is 1.71. The van der Waals surface area contributed by atoms with Gasteiger partial charge in [-0.2, -0.15) is 10.1 Å². The van der Waals surface area contributed by atoms with Crippen LogP contribution in [0.4, 0.5) is 5.82 Å². The summed E-state index contributed by atoms with van der Waals surface area (Å²) in [4.78, 5) is 16.9. The standard InChI is InChI=1S/C26H29N5O2/c1-26(2,3)21-14-12-19(13-15-21)18-31-22(16-17-27-31)28-23(32)10-7-11-24-29-25(30-33-24)20-8-5-4-6-9-20/h4-6,8-9,12-17H,7,10-11,18H2,1-3H3,(H,28,32). The highest BCUT2D eigenvalue weighted by Gasteiger charge is 2.14. The van der Waals surface area contributed by atoms with Gasteiger partial charge in [0.15, 0.2) is 0 Å². The fourth-order valence-corrected chi connectivity index (χ4v) is 3.51. The number of nitrogens with zero attached hydrogens (tertiary/aromatic N) is 4. The second kappa shape index (κ2) is 9.81. The van der Waals surface area contributed by atoms with E-state index in [2.05, 4.69) is 65.6 Å². The number of carbonyl (C=O) groups is 1. The van der Waals surface area contributed by atoms with Gasteiger partial charge in [0.25, 0.3) is 0 Å². The van der Waals surface area contributed by atoms with E-state index in [0.29, 0.717) is 43.3 Å². The van der Waals surface area contributed by atoms with Crippen molar-refractivity contribution >= 4 is 11.7 Å². The average molecular weight is 444 g/mol. The van der Waals surface area contributed by atoms with Crippen LogP contribution in [-0.4, -0.2) is 25.8 Å². The molecule has 1 N–H and O–H groups in total. The van der Waals surface area contributed by atoms with Crippen LogP contribution in [0.25, 0.3) is 11.4 Å². The number of amides is 1. The van der Waals surface area contributed by atoms with E-state index in [1.54, 1.807) is 10.9 Å². The predicted octanol–water partition coefficient (Wildman–Crippen LogP) is 5.24. The van der Waals surface area contributed by atoms with E-state index >= 15 is 0 Å². The highest BCUT2D eigenvalue weighted by molar-refractivity contribution is 5.89. The van der Waals surface area contributed by atoms with Gasteiger partial charge in [-0.15, -0.1) is 0 Å². The second-order valence-corrected chi connectivity index (χ2v) is 9.10. The highest BCUT2D eigenvalue weighted by atomic mass is 16.5. The molecule has 4 aromatic rings. The largest absolute Gasteiger partial charge is 0.339 e. The summed E-state index contributed by atoms with van der Waals surface area (Å²) in [6.45, 7) is 7.19. The molecule has 7 heteroatoms. The molecule has 0 saturated heterocycles. The minimum atomic E-state index is -0.0670. The zero-order valence-electron chi connectivity index (χ0n) is 19.3. The van der Waals surface area contributed by atoms with Crippen molar-refractivity contribution < 1.29 is 9.32 Å². The van der Waals surface area contributed by atoms with Gasteiger partial charge in [-0.05, 0) is 23.0 Å². The lowest BCUT2D eigenvalue weighted by atomic mass is 9.87. The van der Waals surface area contributed by atoms with Crippen molar-refractivity contribution in [3.8, 4) is 11.4 Å². The minimum absolute atomic E-state index is 0.0670. The van der Waals surface area contributed by atoms with E-state index in [1.165, 1.54) is 5.56 Å². The summed E-state index contributed by atoms with van der Waals surface area (Å²) in [6, 6.07) is 20.0. The summed E-state index contributed by atoms with van der Waals surface area (Å²) in [6.07, 6.45) is 3.22. The normalized spacial score (nSPS) is 11.5. The minimum Gasteiger partial charge on any atom is -0.339 e. The molecule has 0 radical (unpaired) electrons. The van der Waals surface area contributed by atoms with Gasteiger partial charge < -0.3 is 9.84 Å². The first-order chi connectivity index (χ1) is 15.9. The maximum Gasteiger partial charge on any atom is 0.226 e. The number of nitrogens with one attached hydrogen (secondary N) is 1. The van der Waals surface area contributed by atoms with Crippen LogP contribution in [-0.2, 0) is 23.2 Å². The van der Waals surface area contributed by atoms with Crippen LogP contribution in [0.3, 0.4) is 0 Å². The van der Waals surface area contributed by atoms with Crippen molar-refractivity contribution in [1.29, 1.82) is 0 Å². The van der Waals surface area contributed by atoms with Crippen molar-refractivity contribution in [2.45, 2.75) is 52.0 Å². The molecule has 33 heavy (non-hydrogen) atoms. The van der Waals surface area contributed by atoms with Gasteiger partial charge in [-0.1, -0.05) is 80.5 Å². The molecular weight excluding hydrogens is 414 g/mol. The van der Waals surface area contributed by atoms with Gasteiger partial charge in [0.05, 0.1) is 12.7 Å². The molecular formula is C26H29N5O2. The van der Waals surface area contributed by atoms with Crippen LogP contribution in [0.5, 0.6) is 0 Å². The third kappa shape index (κ3) is 5.94. The number of rotatable bonds is 8. The van der Waals surface area contributed by atoms with Crippen molar-refractivity contribution in [2.75, 3.05) is 5.32 Å². The van der Waals surface area contributed by atoms with Gasteiger partial charge in [0.2, 0.25) is 17.6 Å². The lowest BCUT2D eigenvalue weighted by Gasteiger charge is -2.19. The van der Waals surface area contributed by atoms with Crippen LogP contribution >= 0.6 is 0 Å². The van der Waals surface area contributed by atoms with Crippen LogP contribution in [0.1, 0.15) is 50.6 Å². The maximum absolute atomic E-state index is 12.5. The van der Waals surface area contributed by atoms with Crippen LogP contribution in [0.2, 0.25) is 0 Å². The Hall–Kier alpha value is -3.74. The molecule has 0 spiro atoms. The van der Waals surface area contributed by atoms with Crippen LogP contribution < -0.4 is 5.32 Å². The third-order valence-electron chi connectivity index (χ3n) is 5.43. The lowest BCUT2D eigenvalue weighted by Crippen LogP contribution is -2.16. The number of anilines is 1. The molecule has 0 bridgehead atoms. The Bertz CT molecular complexity index is 1190. The molecule has 2 aromatic heterocycles. The molecule has 0 fully saturated rings. The quantitative estimate of drug-likeness (QED) is 0.402. The Morgan fingerprint density at radius 3 is 2.52 bits per heavy atom. The zero-order valence-corrected chi connectivity index (χ0v) is 19.3. The Kier molecular flexibility index (Phi) is 6.68. The van der Waals surface area contributed by atoms with E-state index in [4.69, 9.17) is 4.52 Å². The van der Waals surface area contributed by atoms with E-state index in [0.717, 1.165) is 11.1 Å². The average Bonchev–Trinajstić information content (AvgIpc) is 3.44. The molecule has 2 heterocycles. The van der Waals surface area contributed by atoms with Crippen LogP contribution in [0.15, 0.2) is 71.4 Å². The first-order valence-corrected chi connectivity index (χ1v) is 11.2. The molecule has 0 unspecified atom stereocenters. The lowest BCUT2D eigenvalue weighted by molar-refractivity contribution is -0.116. The SMILES string of the molecule is CC(C)(C)c1ccc(Cn2nccc2NC(=O)CCCc2nc(-c3ccccc3)no2)cc1. The fraction of sp³-hybridized carbons (Fsp3) is 0.308. The first-order valence-electron chi connectivity index (χ1n) is 11.2. The van der Waals surface area contributed by atoms with Gasteiger partial charge in [-0.3, -0.25) is 4.79 Å². The van der Waals surface area contributed by atoms with Crippen molar-refractivity contribution in [1.82, 2.24) is 19.9 Å². The molecule has 0 aliphatic rings. The summed E-state index contributed by atoms with van der Waals surface area (Å²) < 4.78 is 7.11. The number of carbonyl (C=O) groups excluding carboxylic acids is 1. The van der Waals surface area contributed by atoms with Gasteiger partial charge >= 0.3 is 0 Å². The molecule has 0 saturated carbocycles. The zero-order chi connectivity index (χ0) is 23.3. The number of hydrogen-bond acceptors (Lipinski definition) is 5. The molecule has 0 atom stereocenters.